The van der Waals surface area contributed by atoms with Crippen molar-refractivity contribution in [1.29, 1.82) is 0 Å². The standard InChI is InChI=1S/C14H15F2NO4/c15-10-2-3-11(16)9(7-10)1-4-13(18)17-5-6-21-8-12(17)14(19)20/h2-3,7,12H,1,4-6,8H2,(H,19,20). The second-order valence-electron chi connectivity index (χ2n) is 4.75. The molecule has 1 unspecified atom stereocenters. The van der Waals surface area contributed by atoms with Crippen LogP contribution in [-0.2, 0) is 20.7 Å². The van der Waals surface area contributed by atoms with E-state index in [2.05, 4.69) is 0 Å². The van der Waals surface area contributed by atoms with Crippen molar-refractivity contribution < 1.29 is 28.2 Å². The van der Waals surface area contributed by atoms with Gasteiger partial charge in [-0.25, -0.2) is 13.6 Å². The van der Waals surface area contributed by atoms with Gasteiger partial charge in [-0.1, -0.05) is 0 Å². The van der Waals surface area contributed by atoms with Gasteiger partial charge in [-0.05, 0) is 30.2 Å². The predicted molar refractivity (Wildman–Crippen MR) is 68.6 cm³/mol. The summed E-state index contributed by atoms with van der Waals surface area (Å²) in [6.07, 6.45) is -0.0592. The molecule has 1 aliphatic rings. The van der Waals surface area contributed by atoms with E-state index in [1.165, 1.54) is 4.90 Å². The summed E-state index contributed by atoms with van der Waals surface area (Å²) in [6, 6.07) is 2.02. The number of nitrogens with zero attached hydrogens (tertiary/aromatic N) is 1. The van der Waals surface area contributed by atoms with Crippen LogP contribution in [0.1, 0.15) is 12.0 Å². The minimum atomic E-state index is -1.14. The van der Waals surface area contributed by atoms with Crippen LogP contribution in [0.3, 0.4) is 0 Å². The molecular formula is C14H15F2NO4. The van der Waals surface area contributed by atoms with Crippen LogP contribution in [0.4, 0.5) is 8.78 Å². The Balaban J connectivity index is 2.00. The molecule has 1 heterocycles. The van der Waals surface area contributed by atoms with Crippen molar-refractivity contribution in [2.45, 2.75) is 18.9 Å². The number of carbonyl (C=O) groups excluding carboxylic acids is 1. The molecule has 0 aromatic heterocycles. The highest BCUT2D eigenvalue weighted by atomic mass is 19.1. The molecule has 0 radical (unpaired) electrons. The summed E-state index contributed by atoms with van der Waals surface area (Å²) in [7, 11) is 0. The van der Waals surface area contributed by atoms with Gasteiger partial charge in [-0.15, -0.1) is 0 Å². The monoisotopic (exact) mass is 299 g/mol. The van der Waals surface area contributed by atoms with Gasteiger partial charge in [-0.3, -0.25) is 4.79 Å². The lowest BCUT2D eigenvalue weighted by Gasteiger charge is -2.32. The largest absolute Gasteiger partial charge is 0.480 e. The quantitative estimate of drug-likeness (QED) is 0.907. The molecular weight excluding hydrogens is 284 g/mol. The van der Waals surface area contributed by atoms with Crippen LogP contribution in [0.5, 0.6) is 0 Å². The molecule has 2 rings (SSSR count). The molecule has 1 saturated heterocycles. The van der Waals surface area contributed by atoms with Crippen LogP contribution in [-0.4, -0.2) is 47.7 Å². The topological polar surface area (TPSA) is 66.8 Å². The first kappa shape index (κ1) is 15.4. The Labute approximate surface area is 120 Å². The molecule has 0 bridgehead atoms. The third-order valence-electron chi connectivity index (χ3n) is 3.35. The van der Waals surface area contributed by atoms with E-state index in [1.54, 1.807) is 0 Å². The lowest BCUT2D eigenvalue weighted by Crippen LogP contribution is -2.52. The first-order chi connectivity index (χ1) is 9.99. The van der Waals surface area contributed by atoms with Gasteiger partial charge >= 0.3 is 5.97 Å². The average molecular weight is 299 g/mol. The minimum absolute atomic E-state index is 0.0200. The number of benzene rings is 1. The molecule has 7 heteroatoms. The van der Waals surface area contributed by atoms with Gasteiger partial charge in [-0.2, -0.15) is 0 Å². The fraction of sp³-hybridized carbons (Fsp3) is 0.429. The summed E-state index contributed by atoms with van der Waals surface area (Å²) in [5, 5.41) is 9.04. The number of amides is 1. The maximum atomic E-state index is 13.5. The third kappa shape index (κ3) is 3.75. The number of morpholine rings is 1. The molecule has 5 nitrogen and oxygen atoms in total. The van der Waals surface area contributed by atoms with E-state index in [0.29, 0.717) is 0 Å². The Morgan fingerprint density at radius 3 is 2.86 bits per heavy atom. The summed E-state index contributed by atoms with van der Waals surface area (Å²) < 4.78 is 31.5. The molecule has 1 N–H and O–H groups in total. The van der Waals surface area contributed by atoms with Gasteiger partial charge in [0.2, 0.25) is 5.91 Å². The van der Waals surface area contributed by atoms with E-state index in [1.807, 2.05) is 0 Å². The van der Waals surface area contributed by atoms with Crippen LogP contribution in [0.25, 0.3) is 0 Å². The van der Waals surface area contributed by atoms with Crippen molar-refractivity contribution >= 4 is 11.9 Å². The summed E-state index contributed by atoms with van der Waals surface area (Å²) in [5.41, 5.74) is 0.100. The van der Waals surface area contributed by atoms with Crippen molar-refractivity contribution in [2.75, 3.05) is 19.8 Å². The van der Waals surface area contributed by atoms with Crippen molar-refractivity contribution in [1.82, 2.24) is 4.90 Å². The maximum absolute atomic E-state index is 13.5. The molecule has 1 aromatic carbocycles. The highest BCUT2D eigenvalue weighted by Gasteiger charge is 2.32. The molecule has 0 spiro atoms. The van der Waals surface area contributed by atoms with Gasteiger partial charge in [0, 0.05) is 13.0 Å². The number of hydrogen-bond acceptors (Lipinski definition) is 3. The minimum Gasteiger partial charge on any atom is -0.480 e. The zero-order chi connectivity index (χ0) is 15.4. The lowest BCUT2D eigenvalue weighted by atomic mass is 10.1. The molecule has 1 aliphatic heterocycles. The normalized spacial score (nSPS) is 18.6. The number of hydrogen-bond donors (Lipinski definition) is 1. The first-order valence-electron chi connectivity index (χ1n) is 6.53. The van der Waals surface area contributed by atoms with E-state index in [9.17, 15) is 18.4 Å². The maximum Gasteiger partial charge on any atom is 0.328 e. The molecule has 1 fully saturated rings. The number of ether oxygens (including phenoxy) is 1. The van der Waals surface area contributed by atoms with E-state index < -0.39 is 29.6 Å². The Hall–Kier alpha value is -2.02. The SMILES string of the molecule is O=C(O)C1COCCN1C(=O)CCc1cc(F)ccc1F. The Kier molecular flexibility index (Phi) is 4.85. The predicted octanol–water partition coefficient (Wildman–Crippen LogP) is 1.21. The first-order valence-corrected chi connectivity index (χ1v) is 6.53. The summed E-state index contributed by atoms with van der Waals surface area (Å²) >= 11 is 0. The second kappa shape index (κ2) is 6.62. The fourth-order valence-corrected chi connectivity index (χ4v) is 2.23. The Morgan fingerprint density at radius 2 is 2.14 bits per heavy atom. The molecule has 0 saturated carbocycles. The van der Waals surface area contributed by atoms with Gasteiger partial charge in [0.25, 0.3) is 0 Å². The van der Waals surface area contributed by atoms with Crippen LogP contribution in [0, 0.1) is 11.6 Å². The third-order valence-corrected chi connectivity index (χ3v) is 3.35. The van der Waals surface area contributed by atoms with Crippen molar-refractivity contribution in [2.24, 2.45) is 0 Å². The van der Waals surface area contributed by atoms with Gasteiger partial charge < -0.3 is 14.7 Å². The Bertz CT molecular complexity index is 550. The highest BCUT2D eigenvalue weighted by Crippen LogP contribution is 2.15. The number of carboxylic acid groups (broad SMARTS) is 1. The van der Waals surface area contributed by atoms with Crippen LogP contribution in [0.2, 0.25) is 0 Å². The summed E-state index contributed by atoms with van der Waals surface area (Å²) in [5.74, 6) is -2.70. The van der Waals surface area contributed by atoms with E-state index in [0.717, 1.165) is 18.2 Å². The van der Waals surface area contributed by atoms with Crippen molar-refractivity contribution in [3.63, 3.8) is 0 Å². The molecule has 1 atom stereocenters. The van der Waals surface area contributed by atoms with Gasteiger partial charge in [0.15, 0.2) is 6.04 Å². The van der Waals surface area contributed by atoms with Crippen molar-refractivity contribution in [3.05, 3.63) is 35.4 Å². The zero-order valence-corrected chi connectivity index (χ0v) is 11.2. The summed E-state index contributed by atoms with van der Waals surface area (Å²) in [4.78, 5) is 24.3. The lowest BCUT2D eigenvalue weighted by molar-refractivity contribution is -0.158. The van der Waals surface area contributed by atoms with Crippen LogP contribution >= 0.6 is 0 Å². The molecule has 0 aliphatic carbocycles. The smallest absolute Gasteiger partial charge is 0.328 e. The Morgan fingerprint density at radius 1 is 1.38 bits per heavy atom. The molecule has 21 heavy (non-hydrogen) atoms. The number of aliphatic carboxylic acids is 1. The number of rotatable bonds is 4. The average Bonchev–Trinajstić information content (AvgIpc) is 2.47. The van der Waals surface area contributed by atoms with Gasteiger partial charge in [0.1, 0.15) is 11.6 Å². The number of halogens is 2. The number of aryl methyl sites for hydroxylation is 1. The molecule has 1 amide bonds. The molecule has 1 aromatic rings. The number of carboxylic acids is 1. The summed E-state index contributed by atoms with van der Waals surface area (Å²) in [6.45, 7) is 0.390. The highest BCUT2D eigenvalue weighted by molar-refractivity contribution is 5.84. The fourth-order valence-electron chi connectivity index (χ4n) is 2.23. The van der Waals surface area contributed by atoms with Crippen LogP contribution < -0.4 is 0 Å². The van der Waals surface area contributed by atoms with E-state index in [4.69, 9.17) is 9.84 Å². The van der Waals surface area contributed by atoms with E-state index in [-0.39, 0.29) is 38.2 Å². The zero-order valence-electron chi connectivity index (χ0n) is 11.2. The van der Waals surface area contributed by atoms with E-state index >= 15 is 0 Å². The number of carbonyl (C=O) groups is 2. The second-order valence-corrected chi connectivity index (χ2v) is 4.75. The van der Waals surface area contributed by atoms with Crippen molar-refractivity contribution in [3.8, 4) is 0 Å². The molecule has 114 valence electrons. The van der Waals surface area contributed by atoms with Crippen LogP contribution in [0.15, 0.2) is 18.2 Å². The van der Waals surface area contributed by atoms with Gasteiger partial charge in [0.05, 0.1) is 13.2 Å².